The second-order valence-corrected chi connectivity index (χ2v) is 6.21. The molecule has 0 aliphatic heterocycles. The lowest BCUT2D eigenvalue weighted by molar-refractivity contribution is 0.0472. The third-order valence-electron chi connectivity index (χ3n) is 2.31. The lowest BCUT2D eigenvalue weighted by Crippen LogP contribution is -2.05. The van der Waals surface area contributed by atoms with E-state index < -0.39 is 0 Å². The summed E-state index contributed by atoms with van der Waals surface area (Å²) < 4.78 is 7.35. The predicted octanol–water partition coefficient (Wildman–Crippen LogP) is 4.25. The van der Waals surface area contributed by atoms with Crippen molar-refractivity contribution in [2.75, 3.05) is 0 Å². The number of hydrogen-bond acceptors (Lipinski definition) is 2. The number of hydrogen-bond donors (Lipinski definition) is 0. The molecule has 2 aromatic rings. The molecule has 0 bridgehead atoms. The van der Waals surface area contributed by atoms with Gasteiger partial charge in [0.25, 0.3) is 0 Å². The zero-order valence-electron chi connectivity index (χ0n) is 9.40. The van der Waals surface area contributed by atoms with Crippen molar-refractivity contribution in [3.05, 3.63) is 66.8 Å². The molecule has 92 valence electrons. The van der Waals surface area contributed by atoms with Crippen molar-refractivity contribution >= 4 is 51.2 Å². The minimum absolute atomic E-state index is 0.282. The molecule has 4 heteroatoms. The lowest BCUT2D eigenvalue weighted by atomic mass is 10.2. The molecular formula is C14H10I2O2. The first kappa shape index (κ1) is 13.8. The van der Waals surface area contributed by atoms with Crippen LogP contribution in [-0.2, 0) is 11.3 Å². The summed E-state index contributed by atoms with van der Waals surface area (Å²) >= 11 is 4.38. The number of benzene rings is 2. The van der Waals surface area contributed by atoms with Gasteiger partial charge in [-0.3, -0.25) is 0 Å². The van der Waals surface area contributed by atoms with Gasteiger partial charge < -0.3 is 4.74 Å². The van der Waals surface area contributed by atoms with E-state index in [-0.39, 0.29) is 5.97 Å². The van der Waals surface area contributed by atoms with Crippen LogP contribution in [0.2, 0.25) is 0 Å². The molecule has 0 heterocycles. The molecule has 2 nitrogen and oxygen atoms in total. The zero-order valence-corrected chi connectivity index (χ0v) is 13.7. The van der Waals surface area contributed by atoms with E-state index in [1.165, 1.54) is 0 Å². The molecule has 2 rings (SSSR count). The molecule has 0 fully saturated rings. The SMILES string of the molecule is O=C(OCc1ccccc1)c1cc(I)cc(I)c1. The molecule has 0 spiro atoms. The van der Waals surface area contributed by atoms with E-state index in [1.54, 1.807) is 0 Å². The fraction of sp³-hybridized carbons (Fsp3) is 0.0714. The van der Waals surface area contributed by atoms with Crippen LogP contribution in [0.15, 0.2) is 48.5 Å². The molecule has 0 saturated heterocycles. The number of esters is 1. The quantitative estimate of drug-likeness (QED) is 0.502. The van der Waals surface area contributed by atoms with Crippen LogP contribution in [0.4, 0.5) is 0 Å². The van der Waals surface area contributed by atoms with E-state index in [0.717, 1.165) is 12.7 Å². The number of carbonyl (C=O) groups is 1. The molecule has 18 heavy (non-hydrogen) atoms. The van der Waals surface area contributed by atoms with Gasteiger partial charge in [0.1, 0.15) is 6.61 Å². The summed E-state index contributed by atoms with van der Waals surface area (Å²) in [5, 5.41) is 0. The van der Waals surface area contributed by atoms with Gasteiger partial charge in [-0.15, -0.1) is 0 Å². The minimum atomic E-state index is -0.282. The van der Waals surface area contributed by atoms with Crippen molar-refractivity contribution in [3.8, 4) is 0 Å². The Balaban J connectivity index is 2.04. The Morgan fingerprint density at radius 3 is 2.22 bits per heavy atom. The lowest BCUT2D eigenvalue weighted by Gasteiger charge is -2.06. The van der Waals surface area contributed by atoms with E-state index in [1.807, 2.05) is 48.5 Å². The average molecular weight is 464 g/mol. The van der Waals surface area contributed by atoms with Crippen LogP contribution in [-0.4, -0.2) is 5.97 Å². The molecule has 0 aliphatic carbocycles. The molecule has 0 unspecified atom stereocenters. The molecular weight excluding hydrogens is 454 g/mol. The fourth-order valence-electron chi connectivity index (χ4n) is 1.48. The first-order valence-corrected chi connectivity index (χ1v) is 7.48. The van der Waals surface area contributed by atoms with E-state index in [9.17, 15) is 4.79 Å². The van der Waals surface area contributed by atoms with Crippen molar-refractivity contribution in [3.63, 3.8) is 0 Å². The van der Waals surface area contributed by atoms with Crippen LogP contribution >= 0.6 is 45.2 Å². The molecule has 0 atom stereocenters. The van der Waals surface area contributed by atoms with Gasteiger partial charge in [-0.25, -0.2) is 4.79 Å². The second-order valence-electron chi connectivity index (χ2n) is 3.72. The molecule has 2 aromatic carbocycles. The smallest absolute Gasteiger partial charge is 0.338 e. The molecule has 0 aromatic heterocycles. The maximum atomic E-state index is 11.9. The van der Waals surface area contributed by atoms with Crippen molar-refractivity contribution in [1.29, 1.82) is 0 Å². The molecule has 0 saturated carbocycles. The van der Waals surface area contributed by atoms with Gasteiger partial charge in [0, 0.05) is 7.14 Å². The maximum absolute atomic E-state index is 11.9. The zero-order chi connectivity index (χ0) is 13.0. The largest absolute Gasteiger partial charge is 0.457 e. The average Bonchev–Trinajstić information content (AvgIpc) is 2.36. The van der Waals surface area contributed by atoms with Gasteiger partial charge in [0.15, 0.2) is 0 Å². The van der Waals surface area contributed by atoms with Gasteiger partial charge in [-0.05, 0) is 68.9 Å². The highest BCUT2D eigenvalue weighted by molar-refractivity contribution is 14.1. The third-order valence-corrected chi connectivity index (χ3v) is 3.56. The van der Waals surface area contributed by atoms with E-state index in [4.69, 9.17) is 4.74 Å². The van der Waals surface area contributed by atoms with Gasteiger partial charge in [-0.1, -0.05) is 30.3 Å². The minimum Gasteiger partial charge on any atom is -0.457 e. The van der Waals surface area contributed by atoms with Crippen molar-refractivity contribution < 1.29 is 9.53 Å². The Hall–Kier alpha value is -0.630. The summed E-state index contributed by atoms with van der Waals surface area (Å²) in [4.78, 5) is 11.9. The highest BCUT2D eigenvalue weighted by Gasteiger charge is 2.09. The van der Waals surface area contributed by atoms with Crippen molar-refractivity contribution in [1.82, 2.24) is 0 Å². The number of carbonyl (C=O) groups excluding carboxylic acids is 1. The van der Waals surface area contributed by atoms with Crippen LogP contribution in [0.1, 0.15) is 15.9 Å². The molecule has 0 aliphatic rings. The van der Waals surface area contributed by atoms with Crippen molar-refractivity contribution in [2.24, 2.45) is 0 Å². The first-order chi connectivity index (χ1) is 8.65. The molecule has 0 radical (unpaired) electrons. The number of rotatable bonds is 3. The van der Waals surface area contributed by atoms with Gasteiger partial charge in [0.05, 0.1) is 5.56 Å². The summed E-state index contributed by atoms with van der Waals surface area (Å²) in [6.07, 6.45) is 0. The fourth-order valence-corrected chi connectivity index (χ4v) is 3.42. The highest BCUT2D eigenvalue weighted by atomic mass is 127. The van der Waals surface area contributed by atoms with E-state index in [0.29, 0.717) is 12.2 Å². The Kier molecular flexibility index (Phi) is 4.99. The Labute approximate surface area is 133 Å². The molecule has 0 amide bonds. The summed E-state index contributed by atoms with van der Waals surface area (Å²) in [6.45, 7) is 0.307. The number of ether oxygens (including phenoxy) is 1. The van der Waals surface area contributed by atoms with Crippen LogP contribution < -0.4 is 0 Å². The maximum Gasteiger partial charge on any atom is 0.338 e. The molecule has 0 N–H and O–H groups in total. The summed E-state index contributed by atoms with van der Waals surface area (Å²) in [7, 11) is 0. The van der Waals surface area contributed by atoms with Crippen LogP contribution in [0.5, 0.6) is 0 Å². The monoisotopic (exact) mass is 464 g/mol. The van der Waals surface area contributed by atoms with Crippen LogP contribution in [0.3, 0.4) is 0 Å². The van der Waals surface area contributed by atoms with Crippen LogP contribution in [0.25, 0.3) is 0 Å². The Morgan fingerprint density at radius 2 is 1.61 bits per heavy atom. The second kappa shape index (κ2) is 6.51. The number of halogens is 2. The standard InChI is InChI=1S/C14H10I2O2/c15-12-6-11(7-13(16)8-12)14(17)18-9-10-4-2-1-3-5-10/h1-8H,9H2. The van der Waals surface area contributed by atoms with E-state index >= 15 is 0 Å². The Morgan fingerprint density at radius 1 is 1.00 bits per heavy atom. The highest BCUT2D eigenvalue weighted by Crippen LogP contribution is 2.15. The van der Waals surface area contributed by atoms with Gasteiger partial charge in [0.2, 0.25) is 0 Å². The normalized spacial score (nSPS) is 10.1. The predicted molar refractivity (Wildman–Crippen MR) is 87.4 cm³/mol. The topological polar surface area (TPSA) is 26.3 Å². The Bertz CT molecular complexity index is 533. The van der Waals surface area contributed by atoms with E-state index in [2.05, 4.69) is 45.2 Å². The first-order valence-electron chi connectivity index (χ1n) is 5.32. The van der Waals surface area contributed by atoms with Crippen LogP contribution in [0, 0.1) is 7.14 Å². The van der Waals surface area contributed by atoms with Crippen molar-refractivity contribution in [2.45, 2.75) is 6.61 Å². The summed E-state index contributed by atoms with van der Waals surface area (Å²) in [5.74, 6) is -0.282. The third kappa shape index (κ3) is 3.94. The van der Waals surface area contributed by atoms with Gasteiger partial charge in [-0.2, -0.15) is 0 Å². The van der Waals surface area contributed by atoms with Gasteiger partial charge >= 0.3 is 5.97 Å². The summed E-state index contributed by atoms with van der Waals surface area (Å²) in [5.41, 5.74) is 1.59. The summed E-state index contributed by atoms with van der Waals surface area (Å²) in [6, 6.07) is 15.3.